The van der Waals surface area contributed by atoms with E-state index in [1.807, 2.05) is 18.2 Å². The van der Waals surface area contributed by atoms with Gasteiger partial charge in [0.05, 0.1) is 10.6 Å². The van der Waals surface area contributed by atoms with Crippen molar-refractivity contribution in [3.63, 3.8) is 0 Å². The van der Waals surface area contributed by atoms with Crippen molar-refractivity contribution in [1.29, 1.82) is 0 Å². The van der Waals surface area contributed by atoms with Gasteiger partial charge in [0.15, 0.2) is 9.84 Å². The van der Waals surface area contributed by atoms with Crippen LogP contribution in [-0.4, -0.2) is 14.2 Å². The van der Waals surface area contributed by atoms with Crippen molar-refractivity contribution in [2.75, 3.05) is 5.75 Å². The lowest BCUT2D eigenvalue weighted by atomic mass is 10.1. The Morgan fingerprint density at radius 2 is 1.59 bits per heavy atom. The van der Waals surface area contributed by atoms with Crippen molar-refractivity contribution in [1.82, 2.24) is 0 Å². The molecule has 0 aromatic heterocycles. The summed E-state index contributed by atoms with van der Waals surface area (Å²) < 4.78 is 24.6. The van der Waals surface area contributed by atoms with E-state index < -0.39 is 9.84 Å². The highest BCUT2D eigenvalue weighted by Gasteiger charge is 2.13. The molecule has 0 saturated carbocycles. The van der Waals surface area contributed by atoms with Crippen LogP contribution in [0.3, 0.4) is 0 Å². The minimum absolute atomic E-state index is 0.267. The quantitative estimate of drug-likeness (QED) is 0.385. The van der Waals surface area contributed by atoms with Crippen LogP contribution in [0, 0.1) is 0 Å². The van der Waals surface area contributed by atoms with Gasteiger partial charge in [-0.3, -0.25) is 0 Å². The summed E-state index contributed by atoms with van der Waals surface area (Å²) in [7, 11) is -3.11. The van der Waals surface area contributed by atoms with Crippen LogP contribution in [0.1, 0.15) is 63.9 Å². The summed E-state index contributed by atoms with van der Waals surface area (Å²) in [5.74, 6) is 0.267. The molecule has 0 saturated heterocycles. The molecule has 0 aliphatic heterocycles. The van der Waals surface area contributed by atoms with Gasteiger partial charge in [-0.1, -0.05) is 50.8 Å². The van der Waals surface area contributed by atoms with Crippen LogP contribution in [-0.2, 0) is 16.3 Å². The molecule has 0 aliphatic rings. The van der Waals surface area contributed by atoms with Crippen LogP contribution in [0.25, 0.3) is 0 Å². The van der Waals surface area contributed by atoms with Gasteiger partial charge >= 0.3 is 0 Å². The SMILES string of the molecule is C=CCCCCCCCS(=O)(=O)c1ccc(CCCC)cc1. The third-order valence-corrected chi connectivity index (χ3v) is 5.74. The fourth-order valence-electron chi connectivity index (χ4n) is 2.47. The Bertz CT molecular complexity index is 515. The molecule has 0 amide bonds. The molecule has 0 fully saturated rings. The minimum atomic E-state index is -3.11. The Balaban J connectivity index is 2.37. The van der Waals surface area contributed by atoms with E-state index >= 15 is 0 Å². The van der Waals surface area contributed by atoms with Gasteiger partial charge in [-0.2, -0.15) is 0 Å². The molecule has 0 N–H and O–H groups in total. The van der Waals surface area contributed by atoms with Crippen molar-refractivity contribution >= 4 is 9.84 Å². The molecule has 0 bridgehead atoms. The molecule has 0 unspecified atom stereocenters. The molecular formula is C19H30O2S. The topological polar surface area (TPSA) is 34.1 Å². The Morgan fingerprint density at radius 1 is 0.955 bits per heavy atom. The van der Waals surface area contributed by atoms with Gasteiger partial charge in [0.1, 0.15) is 0 Å². The number of allylic oxidation sites excluding steroid dienone is 1. The molecule has 0 atom stereocenters. The molecule has 1 rings (SSSR count). The van der Waals surface area contributed by atoms with Gasteiger partial charge in [-0.15, -0.1) is 6.58 Å². The maximum Gasteiger partial charge on any atom is 0.178 e. The van der Waals surface area contributed by atoms with Crippen LogP contribution in [0.5, 0.6) is 0 Å². The predicted octanol–water partition coefficient (Wildman–Crippen LogP) is 5.33. The summed E-state index contributed by atoms with van der Waals surface area (Å²) in [5.41, 5.74) is 1.23. The second kappa shape index (κ2) is 10.6. The first-order valence-corrected chi connectivity index (χ1v) is 10.2. The van der Waals surface area contributed by atoms with Crippen LogP contribution in [0.2, 0.25) is 0 Å². The minimum Gasteiger partial charge on any atom is -0.224 e. The highest BCUT2D eigenvalue weighted by atomic mass is 32.2. The molecule has 0 aliphatic carbocycles. The van der Waals surface area contributed by atoms with Crippen LogP contribution >= 0.6 is 0 Å². The van der Waals surface area contributed by atoms with Gasteiger partial charge in [-0.05, 0) is 49.8 Å². The van der Waals surface area contributed by atoms with E-state index in [2.05, 4.69) is 13.5 Å². The maximum atomic E-state index is 12.3. The molecule has 3 heteroatoms. The normalized spacial score (nSPS) is 11.5. The van der Waals surface area contributed by atoms with Crippen molar-refractivity contribution < 1.29 is 8.42 Å². The zero-order valence-electron chi connectivity index (χ0n) is 13.9. The van der Waals surface area contributed by atoms with E-state index in [-0.39, 0.29) is 5.75 Å². The third-order valence-electron chi connectivity index (χ3n) is 3.92. The van der Waals surface area contributed by atoms with Gasteiger partial charge in [0, 0.05) is 0 Å². The summed E-state index contributed by atoms with van der Waals surface area (Å²) in [6.45, 7) is 5.87. The molecule has 1 aromatic rings. The van der Waals surface area contributed by atoms with E-state index in [1.165, 1.54) is 5.56 Å². The van der Waals surface area contributed by atoms with Crippen molar-refractivity contribution in [3.8, 4) is 0 Å². The number of hydrogen-bond acceptors (Lipinski definition) is 2. The van der Waals surface area contributed by atoms with E-state index in [9.17, 15) is 8.42 Å². The zero-order chi connectivity index (χ0) is 16.3. The first-order chi connectivity index (χ1) is 10.6. The molecule has 124 valence electrons. The molecule has 2 nitrogen and oxygen atoms in total. The van der Waals surface area contributed by atoms with E-state index in [4.69, 9.17) is 0 Å². The molecular weight excluding hydrogens is 292 g/mol. The van der Waals surface area contributed by atoms with Gasteiger partial charge in [-0.25, -0.2) is 8.42 Å². The lowest BCUT2D eigenvalue weighted by Crippen LogP contribution is -2.07. The Labute approximate surface area is 136 Å². The zero-order valence-corrected chi connectivity index (χ0v) is 14.7. The van der Waals surface area contributed by atoms with Gasteiger partial charge in [0.2, 0.25) is 0 Å². The monoisotopic (exact) mass is 322 g/mol. The molecule has 0 spiro atoms. The fourth-order valence-corrected chi connectivity index (χ4v) is 3.84. The predicted molar refractivity (Wildman–Crippen MR) is 95.0 cm³/mol. The van der Waals surface area contributed by atoms with Crippen LogP contribution in [0.4, 0.5) is 0 Å². The van der Waals surface area contributed by atoms with Crippen molar-refractivity contribution in [3.05, 3.63) is 42.5 Å². The average Bonchev–Trinajstić information content (AvgIpc) is 2.52. The largest absolute Gasteiger partial charge is 0.224 e. The van der Waals surface area contributed by atoms with Crippen molar-refractivity contribution in [2.45, 2.75) is 69.6 Å². The summed E-state index contributed by atoms with van der Waals surface area (Å²) in [6, 6.07) is 7.45. The number of sulfone groups is 1. The van der Waals surface area contributed by atoms with Crippen LogP contribution in [0.15, 0.2) is 41.8 Å². The Kier molecular flexibility index (Phi) is 9.14. The standard InChI is InChI=1S/C19H30O2S/c1-3-5-7-8-9-10-11-17-22(20,21)19-15-13-18(14-16-19)12-6-4-2/h3,13-16H,1,4-12,17H2,2H3. The maximum absolute atomic E-state index is 12.3. The smallest absolute Gasteiger partial charge is 0.178 e. The summed E-state index contributed by atoms with van der Waals surface area (Å²) >= 11 is 0. The molecule has 22 heavy (non-hydrogen) atoms. The molecule has 0 heterocycles. The van der Waals surface area contributed by atoms with E-state index in [1.54, 1.807) is 12.1 Å². The van der Waals surface area contributed by atoms with E-state index in [0.29, 0.717) is 4.90 Å². The highest BCUT2D eigenvalue weighted by Crippen LogP contribution is 2.16. The number of hydrogen-bond donors (Lipinski definition) is 0. The summed E-state index contributed by atoms with van der Waals surface area (Å²) in [5, 5.41) is 0. The Hall–Kier alpha value is -1.09. The van der Waals surface area contributed by atoms with Crippen molar-refractivity contribution in [2.24, 2.45) is 0 Å². The average molecular weight is 323 g/mol. The third kappa shape index (κ3) is 7.26. The molecule has 1 aromatic carbocycles. The van der Waals surface area contributed by atoms with E-state index in [0.717, 1.165) is 57.8 Å². The first-order valence-electron chi connectivity index (χ1n) is 8.52. The summed E-state index contributed by atoms with van der Waals surface area (Å²) in [6.07, 6.45) is 11.5. The lowest BCUT2D eigenvalue weighted by molar-refractivity contribution is 0.585. The Morgan fingerprint density at radius 3 is 2.23 bits per heavy atom. The lowest BCUT2D eigenvalue weighted by Gasteiger charge is -2.06. The fraction of sp³-hybridized carbons (Fsp3) is 0.579. The second-order valence-corrected chi connectivity index (χ2v) is 8.02. The van der Waals surface area contributed by atoms with Gasteiger partial charge < -0.3 is 0 Å². The number of aryl methyl sites for hydroxylation is 1. The number of benzene rings is 1. The summed E-state index contributed by atoms with van der Waals surface area (Å²) in [4.78, 5) is 0.472. The number of unbranched alkanes of at least 4 members (excludes halogenated alkanes) is 6. The van der Waals surface area contributed by atoms with Crippen LogP contribution < -0.4 is 0 Å². The molecule has 0 radical (unpaired) electrons. The van der Waals surface area contributed by atoms with Gasteiger partial charge in [0.25, 0.3) is 0 Å². The first kappa shape index (κ1) is 19.0. The number of rotatable bonds is 12. The second-order valence-electron chi connectivity index (χ2n) is 5.91. The highest BCUT2D eigenvalue weighted by molar-refractivity contribution is 7.91.